The van der Waals surface area contributed by atoms with Crippen molar-refractivity contribution >= 4 is 11.6 Å². The molecule has 0 spiro atoms. The molecule has 100 valence electrons. The average molecular weight is 282 g/mol. The Morgan fingerprint density at radius 1 is 1.11 bits per heavy atom. The number of benzene rings is 2. The summed E-state index contributed by atoms with van der Waals surface area (Å²) in [4.78, 5) is 0. The fourth-order valence-corrected chi connectivity index (χ4v) is 2.32. The van der Waals surface area contributed by atoms with Gasteiger partial charge in [0.05, 0.1) is 6.04 Å². The predicted octanol–water partition coefficient (Wildman–Crippen LogP) is 4.24. The summed E-state index contributed by atoms with van der Waals surface area (Å²) in [5.41, 5.74) is 2.17. The van der Waals surface area contributed by atoms with Gasteiger partial charge in [-0.05, 0) is 54.9 Å². The highest BCUT2D eigenvalue weighted by Crippen LogP contribution is 2.30. The van der Waals surface area contributed by atoms with Gasteiger partial charge in [-0.1, -0.05) is 23.7 Å². The van der Waals surface area contributed by atoms with E-state index in [1.165, 1.54) is 18.2 Å². The van der Waals surface area contributed by atoms with Crippen LogP contribution in [0.4, 0.5) is 8.78 Å². The van der Waals surface area contributed by atoms with Crippen LogP contribution in [0.3, 0.4) is 0 Å². The smallest absolute Gasteiger partial charge is 0.127 e. The number of hydrogen-bond donors (Lipinski definition) is 1. The van der Waals surface area contributed by atoms with Crippen LogP contribution in [-0.4, -0.2) is 7.05 Å². The molecule has 19 heavy (non-hydrogen) atoms. The zero-order chi connectivity index (χ0) is 14.0. The molecule has 0 amide bonds. The van der Waals surface area contributed by atoms with Gasteiger partial charge in [-0.25, -0.2) is 8.78 Å². The third-order valence-electron chi connectivity index (χ3n) is 3.08. The third kappa shape index (κ3) is 2.94. The number of halogens is 3. The van der Waals surface area contributed by atoms with Crippen LogP contribution in [0, 0.1) is 18.6 Å². The summed E-state index contributed by atoms with van der Waals surface area (Å²) < 4.78 is 26.4. The van der Waals surface area contributed by atoms with Gasteiger partial charge in [0, 0.05) is 5.02 Å². The summed E-state index contributed by atoms with van der Waals surface area (Å²) in [5.74, 6) is -0.623. The van der Waals surface area contributed by atoms with Gasteiger partial charge < -0.3 is 5.32 Å². The normalized spacial score (nSPS) is 12.5. The summed E-state index contributed by atoms with van der Waals surface area (Å²) >= 11 is 6.10. The lowest BCUT2D eigenvalue weighted by Gasteiger charge is -2.19. The van der Waals surface area contributed by atoms with Crippen molar-refractivity contribution in [3.8, 4) is 0 Å². The zero-order valence-electron chi connectivity index (χ0n) is 10.7. The van der Waals surface area contributed by atoms with Crippen LogP contribution in [-0.2, 0) is 0 Å². The first-order chi connectivity index (χ1) is 9.02. The molecule has 0 radical (unpaired) electrons. The van der Waals surface area contributed by atoms with Crippen molar-refractivity contribution in [2.75, 3.05) is 7.05 Å². The molecule has 0 aliphatic heterocycles. The van der Waals surface area contributed by atoms with Crippen LogP contribution in [0.1, 0.15) is 22.7 Å². The minimum absolute atomic E-state index is 0.201. The molecular formula is C15H14ClF2N. The molecule has 2 aromatic rings. The Balaban J connectivity index is 2.47. The van der Waals surface area contributed by atoms with E-state index < -0.39 is 0 Å². The number of aryl methyl sites for hydroxylation is 1. The van der Waals surface area contributed by atoms with E-state index in [0.717, 1.165) is 11.1 Å². The maximum absolute atomic E-state index is 13.4. The second-order valence-corrected chi connectivity index (χ2v) is 4.80. The number of nitrogens with one attached hydrogen (secondary N) is 1. The van der Waals surface area contributed by atoms with Crippen LogP contribution < -0.4 is 5.32 Å². The Labute approximate surface area is 116 Å². The van der Waals surface area contributed by atoms with E-state index in [4.69, 9.17) is 11.6 Å². The Morgan fingerprint density at radius 3 is 2.32 bits per heavy atom. The molecular weight excluding hydrogens is 268 g/mol. The molecule has 1 unspecified atom stereocenters. The molecule has 0 heterocycles. The molecule has 0 saturated heterocycles. The molecule has 0 aromatic heterocycles. The Morgan fingerprint density at radius 2 is 1.74 bits per heavy atom. The molecule has 1 N–H and O–H groups in total. The van der Waals surface area contributed by atoms with Crippen molar-refractivity contribution < 1.29 is 8.78 Å². The molecule has 0 bridgehead atoms. The molecule has 2 aromatic carbocycles. The van der Waals surface area contributed by atoms with Crippen molar-refractivity contribution in [1.82, 2.24) is 5.32 Å². The minimum atomic E-state index is -0.331. The van der Waals surface area contributed by atoms with Crippen LogP contribution in [0.25, 0.3) is 0 Å². The van der Waals surface area contributed by atoms with Gasteiger partial charge in [0.2, 0.25) is 0 Å². The maximum atomic E-state index is 13.4. The first kappa shape index (κ1) is 14.0. The van der Waals surface area contributed by atoms with Gasteiger partial charge in [0.1, 0.15) is 11.6 Å². The standard InChI is InChI=1S/C15H14ClF2N/c1-9-7-12(13(16)8-14(9)18)15(19-2)10-3-5-11(17)6-4-10/h3-8,15,19H,1-2H3. The fourth-order valence-electron chi connectivity index (χ4n) is 2.06. The quantitative estimate of drug-likeness (QED) is 0.887. The summed E-state index contributed by atoms with van der Waals surface area (Å²) in [6, 6.07) is 8.97. The highest BCUT2D eigenvalue weighted by Gasteiger charge is 2.17. The maximum Gasteiger partial charge on any atom is 0.127 e. The fraction of sp³-hybridized carbons (Fsp3) is 0.200. The highest BCUT2D eigenvalue weighted by atomic mass is 35.5. The Kier molecular flexibility index (Phi) is 4.17. The van der Waals surface area contributed by atoms with Crippen molar-refractivity contribution in [2.24, 2.45) is 0 Å². The highest BCUT2D eigenvalue weighted by molar-refractivity contribution is 6.31. The summed E-state index contributed by atoms with van der Waals surface area (Å²) in [6.45, 7) is 1.69. The third-order valence-corrected chi connectivity index (χ3v) is 3.41. The largest absolute Gasteiger partial charge is 0.309 e. The van der Waals surface area contributed by atoms with Gasteiger partial charge >= 0.3 is 0 Å². The molecule has 1 nitrogen and oxygen atoms in total. The van der Waals surface area contributed by atoms with Gasteiger partial charge in [-0.3, -0.25) is 0 Å². The lowest BCUT2D eigenvalue weighted by Crippen LogP contribution is -2.18. The summed E-state index contributed by atoms with van der Waals surface area (Å²) in [5, 5.41) is 3.47. The second kappa shape index (κ2) is 5.68. The predicted molar refractivity (Wildman–Crippen MR) is 73.4 cm³/mol. The zero-order valence-corrected chi connectivity index (χ0v) is 11.4. The van der Waals surface area contributed by atoms with Gasteiger partial charge in [-0.15, -0.1) is 0 Å². The van der Waals surface area contributed by atoms with E-state index in [-0.39, 0.29) is 17.7 Å². The van der Waals surface area contributed by atoms with Crippen LogP contribution in [0.5, 0.6) is 0 Å². The lowest BCUT2D eigenvalue weighted by molar-refractivity contribution is 0.613. The van der Waals surface area contributed by atoms with E-state index in [2.05, 4.69) is 5.32 Å². The lowest BCUT2D eigenvalue weighted by atomic mass is 9.97. The van der Waals surface area contributed by atoms with Crippen molar-refractivity contribution in [3.05, 3.63) is 69.7 Å². The van der Waals surface area contributed by atoms with Crippen molar-refractivity contribution in [3.63, 3.8) is 0 Å². The van der Waals surface area contributed by atoms with E-state index >= 15 is 0 Å². The molecule has 0 aliphatic rings. The summed E-state index contributed by atoms with van der Waals surface area (Å²) in [6.07, 6.45) is 0. The Hall–Kier alpha value is -1.45. The van der Waals surface area contributed by atoms with Crippen LogP contribution in [0.2, 0.25) is 5.02 Å². The average Bonchev–Trinajstić information content (AvgIpc) is 2.38. The first-order valence-electron chi connectivity index (χ1n) is 5.91. The monoisotopic (exact) mass is 281 g/mol. The van der Waals surface area contributed by atoms with Crippen molar-refractivity contribution in [2.45, 2.75) is 13.0 Å². The van der Waals surface area contributed by atoms with Gasteiger partial charge in [0.15, 0.2) is 0 Å². The molecule has 0 saturated carbocycles. The molecule has 0 fully saturated rings. The van der Waals surface area contributed by atoms with Gasteiger partial charge in [0.25, 0.3) is 0 Å². The summed E-state index contributed by atoms with van der Waals surface area (Å²) in [7, 11) is 1.78. The minimum Gasteiger partial charge on any atom is -0.309 e. The van der Waals surface area contributed by atoms with E-state index in [1.807, 2.05) is 0 Å². The topological polar surface area (TPSA) is 12.0 Å². The van der Waals surface area contributed by atoms with Crippen LogP contribution in [0.15, 0.2) is 36.4 Å². The van der Waals surface area contributed by atoms with E-state index in [9.17, 15) is 8.78 Å². The molecule has 2 rings (SSSR count). The number of hydrogen-bond acceptors (Lipinski definition) is 1. The second-order valence-electron chi connectivity index (χ2n) is 4.40. The molecule has 0 aliphatic carbocycles. The van der Waals surface area contributed by atoms with Crippen molar-refractivity contribution in [1.29, 1.82) is 0 Å². The number of rotatable bonds is 3. The first-order valence-corrected chi connectivity index (χ1v) is 6.29. The van der Waals surface area contributed by atoms with Crippen LogP contribution >= 0.6 is 11.6 Å². The van der Waals surface area contributed by atoms with Gasteiger partial charge in [-0.2, -0.15) is 0 Å². The SMILES string of the molecule is CNC(c1ccc(F)cc1)c1cc(C)c(F)cc1Cl. The molecule has 4 heteroatoms. The van der Waals surface area contributed by atoms with E-state index in [1.54, 1.807) is 32.2 Å². The van der Waals surface area contributed by atoms with E-state index in [0.29, 0.717) is 10.6 Å². The Bertz CT molecular complexity index is 581. The molecule has 1 atom stereocenters.